The molecule has 2 amide bonds. The minimum atomic E-state index is -3.23. The van der Waals surface area contributed by atoms with Gasteiger partial charge in [0.1, 0.15) is 0 Å². The number of benzene rings is 1. The fraction of sp³-hybridized carbons (Fsp3) is 0.417. The first-order valence-corrected chi connectivity index (χ1v) is 7.34. The topological polar surface area (TPSA) is 75.3 Å². The molecule has 1 aliphatic rings. The molecule has 1 fully saturated rings. The maximum absolute atomic E-state index is 11.9. The SMILES string of the molecule is CC(C)S(=O)(=O)c1ccc(C2CNC(=O)N2)cc1. The van der Waals surface area contributed by atoms with Crippen molar-refractivity contribution >= 4 is 15.9 Å². The van der Waals surface area contributed by atoms with E-state index in [9.17, 15) is 13.2 Å². The van der Waals surface area contributed by atoms with Crippen molar-refractivity contribution in [1.29, 1.82) is 0 Å². The minimum absolute atomic E-state index is 0.0895. The van der Waals surface area contributed by atoms with E-state index in [-0.39, 0.29) is 12.1 Å². The van der Waals surface area contributed by atoms with Crippen LogP contribution in [0.3, 0.4) is 0 Å². The fourth-order valence-electron chi connectivity index (χ4n) is 1.82. The Kier molecular flexibility index (Phi) is 3.30. The summed E-state index contributed by atoms with van der Waals surface area (Å²) in [6.07, 6.45) is 0. The lowest BCUT2D eigenvalue weighted by Gasteiger charge is -2.11. The van der Waals surface area contributed by atoms with Crippen LogP contribution in [0.5, 0.6) is 0 Å². The number of urea groups is 1. The summed E-state index contributed by atoms with van der Waals surface area (Å²) in [7, 11) is -3.23. The molecule has 0 aliphatic carbocycles. The van der Waals surface area contributed by atoms with Crippen LogP contribution < -0.4 is 10.6 Å². The van der Waals surface area contributed by atoms with E-state index in [1.165, 1.54) is 0 Å². The summed E-state index contributed by atoms with van der Waals surface area (Å²) in [4.78, 5) is 11.3. The van der Waals surface area contributed by atoms with Gasteiger partial charge in [0.15, 0.2) is 9.84 Å². The van der Waals surface area contributed by atoms with Gasteiger partial charge >= 0.3 is 6.03 Å². The van der Waals surface area contributed by atoms with Crippen LogP contribution in [0.2, 0.25) is 0 Å². The van der Waals surface area contributed by atoms with Crippen molar-refractivity contribution in [2.24, 2.45) is 0 Å². The summed E-state index contributed by atoms with van der Waals surface area (Å²) < 4.78 is 23.9. The smallest absolute Gasteiger partial charge is 0.315 e. The molecular formula is C12H16N2O3S. The van der Waals surface area contributed by atoms with Crippen LogP contribution in [-0.4, -0.2) is 26.2 Å². The third-order valence-electron chi connectivity index (χ3n) is 3.00. The molecule has 2 rings (SSSR count). The molecule has 1 aromatic carbocycles. The first-order chi connectivity index (χ1) is 8.41. The molecule has 0 aromatic heterocycles. The molecule has 1 saturated heterocycles. The van der Waals surface area contributed by atoms with Gasteiger partial charge in [-0.3, -0.25) is 0 Å². The fourth-order valence-corrected chi connectivity index (χ4v) is 2.88. The van der Waals surface area contributed by atoms with Gasteiger partial charge in [-0.1, -0.05) is 12.1 Å². The van der Waals surface area contributed by atoms with Crippen molar-refractivity contribution in [2.45, 2.75) is 30.0 Å². The molecule has 5 nitrogen and oxygen atoms in total. The van der Waals surface area contributed by atoms with Crippen LogP contribution in [-0.2, 0) is 9.84 Å². The van der Waals surface area contributed by atoms with Gasteiger partial charge in [-0.2, -0.15) is 0 Å². The highest BCUT2D eigenvalue weighted by Crippen LogP contribution is 2.20. The lowest BCUT2D eigenvalue weighted by Crippen LogP contribution is -2.21. The van der Waals surface area contributed by atoms with E-state index in [4.69, 9.17) is 0 Å². The highest BCUT2D eigenvalue weighted by molar-refractivity contribution is 7.92. The zero-order valence-electron chi connectivity index (χ0n) is 10.3. The molecule has 0 spiro atoms. The number of hydrogen-bond acceptors (Lipinski definition) is 3. The molecule has 1 unspecified atom stereocenters. The van der Waals surface area contributed by atoms with Crippen LogP contribution in [0.25, 0.3) is 0 Å². The lowest BCUT2D eigenvalue weighted by molar-refractivity contribution is 0.247. The number of nitrogens with one attached hydrogen (secondary N) is 2. The summed E-state index contributed by atoms with van der Waals surface area (Å²) in [5.41, 5.74) is 0.899. The van der Waals surface area contributed by atoms with Crippen molar-refractivity contribution in [3.05, 3.63) is 29.8 Å². The van der Waals surface area contributed by atoms with E-state index in [1.54, 1.807) is 38.1 Å². The van der Waals surface area contributed by atoms with E-state index in [1.807, 2.05) is 0 Å². The van der Waals surface area contributed by atoms with Crippen molar-refractivity contribution < 1.29 is 13.2 Å². The van der Waals surface area contributed by atoms with Crippen LogP contribution in [0.1, 0.15) is 25.5 Å². The third-order valence-corrected chi connectivity index (χ3v) is 5.17. The number of hydrogen-bond donors (Lipinski definition) is 2. The molecular weight excluding hydrogens is 252 g/mol. The largest absolute Gasteiger partial charge is 0.336 e. The van der Waals surface area contributed by atoms with Gasteiger partial charge < -0.3 is 10.6 Å². The van der Waals surface area contributed by atoms with Crippen molar-refractivity contribution in [3.63, 3.8) is 0 Å². The van der Waals surface area contributed by atoms with E-state index < -0.39 is 15.1 Å². The third kappa shape index (κ3) is 2.33. The molecule has 2 N–H and O–H groups in total. The molecule has 0 bridgehead atoms. The lowest BCUT2D eigenvalue weighted by atomic mass is 10.1. The van der Waals surface area contributed by atoms with E-state index in [2.05, 4.69) is 10.6 Å². The first kappa shape index (κ1) is 12.9. The molecule has 0 radical (unpaired) electrons. The second-order valence-electron chi connectivity index (χ2n) is 4.57. The molecule has 0 saturated carbocycles. The Bertz CT molecular complexity index is 549. The average Bonchev–Trinajstić information content (AvgIpc) is 2.76. The van der Waals surface area contributed by atoms with Crippen LogP contribution in [0.15, 0.2) is 29.2 Å². The zero-order chi connectivity index (χ0) is 13.3. The number of carbonyl (C=O) groups is 1. The van der Waals surface area contributed by atoms with Gasteiger partial charge in [-0.15, -0.1) is 0 Å². The predicted octanol–water partition coefficient (Wildman–Crippen LogP) is 1.22. The molecule has 1 atom stereocenters. The number of rotatable bonds is 3. The molecule has 1 heterocycles. The molecule has 1 aromatic rings. The minimum Gasteiger partial charge on any atom is -0.336 e. The molecule has 6 heteroatoms. The normalized spacial score (nSPS) is 19.7. The highest BCUT2D eigenvalue weighted by atomic mass is 32.2. The monoisotopic (exact) mass is 268 g/mol. The Labute approximate surface area is 107 Å². The van der Waals surface area contributed by atoms with Crippen molar-refractivity contribution in [2.75, 3.05) is 6.54 Å². The van der Waals surface area contributed by atoms with E-state index >= 15 is 0 Å². The van der Waals surface area contributed by atoms with Gasteiger partial charge in [0, 0.05) is 6.54 Å². The maximum Gasteiger partial charge on any atom is 0.315 e. The van der Waals surface area contributed by atoms with Gasteiger partial charge in [-0.05, 0) is 31.5 Å². The van der Waals surface area contributed by atoms with Gasteiger partial charge in [-0.25, -0.2) is 13.2 Å². The summed E-state index contributed by atoms with van der Waals surface area (Å²) in [5.74, 6) is 0. The zero-order valence-corrected chi connectivity index (χ0v) is 11.1. The Balaban J connectivity index is 2.23. The maximum atomic E-state index is 11.9. The summed E-state index contributed by atoms with van der Waals surface area (Å²) >= 11 is 0. The predicted molar refractivity (Wildman–Crippen MR) is 68.0 cm³/mol. The summed E-state index contributed by atoms with van der Waals surface area (Å²) in [6, 6.07) is 6.39. The van der Waals surface area contributed by atoms with Crippen molar-refractivity contribution in [3.8, 4) is 0 Å². The highest BCUT2D eigenvalue weighted by Gasteiger charge is 2.23. The number of sulfone groups is 1. The average molecular weight is 268 g/mol. The van der Waals surface area contributed by atoms with Gasteiger partial charge in [0.05, 0.1) is 16.2 Å². The standard InChI is InChI=1S/C12H16N2O3S/c1-8(2)18(16,17)10-5-3-9(4-6-10)11-7-13-12(15)14-11/h3-6,8,11H,7H2,1-2H3,(H2,13,14,15). The Morgan fingerprint density at radius 2 is 1.83 bits per heavy atom. The number of amides is 2. The Morgan fingerprint density at radius 1 is 1.22 bits per heavy atom. The van der Waals surface area contributed by atoms with Crippen LogP contribution >= 0.6 is 0 Å². The molecule has 98 valence electrons. The second-order valence-corrected chi connectivity index (χ2v) is 7.07. The van der Waals surface area contributed by atoms with E-state index in [0.717, 1.165) is 5.56 Å². The Hall–Kier alpha value is -1.56. The van der Waals surface area contributed by atoms with E-state index in [0.29, 0.717) is 11.4 Å². The van der Waals surface area contributed by atoms with Crippen molar-refractivity contribution in [1.82, 2.24) is 10.6 Å². The Morgan fingerprint density at radius 3 is 2.28 bits per heavy atom. The van der Waals surface area contributed by atoms with Crippen LogP contribution in [0, 0.1) is 0 Å². The van der Waals surface area contributed by atoms with Gasteiger partial charge in [0.2, 0.25) is 0 Å². The second kappa shape index (κ2) is 4.61. The quantitative estimate of drug-likeness (QED) is 0.865. The summed E-state index contributed by atoms with van der Waals surface area (Å²) in [6.45, 7) is 3.84. The summed E-state index contributed by atoms with van der Waals surface area (Å²) in [5, 5.41) is 4.98. The van der Waals surface area contributed by atoms with Gasteiger partial charge in [0.25, 0.3) is 0 Å². The molecule has 18 heavy (non-hydrogen) atoms. The number of carbonyl (C=O) groups excluding carboxylic acids is 1. The van der Waals surface area contributed by atoms with Crippen LogP contribution in [0.4, 0.5) is 4.79 Å². The molecule has 1 aliphatic heterocycles. The first-order valence-electron chi connectivity index (χ1n) is 5.79.